The summed E-state index contributed by atoms with van der Waals surface area (Å²) in [4.78, 5) is 0.0565. The lowest BCUT2D eigenvalue weighted by Gasteiger charge is -1.94. The summed E-state index contributed by atoms with van der Waals surface area (Å²) in [5.74, 6) is 0.740. The summed E-state index contributed by atoms with van der Waals surface area (Å²) in [5, 5.41) is 0.867. The van der Waals surface area contributed by atoms with Gasteiger partial charge in [-0.25, -0.2) is 8.42 Å². The summed E-state index contributed by atoms with van der Waals surface area (Å²) in [7, 11) is 1.52. The van der Waals surface area contributed by atoms with Crippen molar-refractivity contribution in [1.29, 1.82) is 0 Å². The molecule has 2 aromatic rings. The van der Waals surface area contributed by atoms with Crippen LogP contribution in [0.2, 0.25) is 0 Å². The van der Waals surface area contributed by atoms with Crippen molar-refractivity contribution in [3.05, 3.63) is 30.0 Å². The molecule has 2 rings (SSSR count). The molecule has 14 heavy (non-hydrogen) atoms. The Hall–Kier alpha value is -1.00. The number of fused-ring (bicyclic) bond motifs is 1. The molecule has 0 aliphatic rings. The number of aryl methyl sites for hydroxylation is 1. The van der Waals surface area contributed by atoms with Crippen LogP contribution in [0, 0.1) is 6.92 Å². The molecule has 1 heterocycles. The summed E-state index contributed by atoms with van der Waals surface area (Å²) in [6.45, 7) is 1.80. The van der Waals surface area contributed by atoms with Crippen LogP contribution >= 0.6 is 10.7 Å². The Bertz CT molecular complexity index is 583. The molecule has 0 aliphatic heterocycles. The summed E-state index contributed by atoms with van der Waals surface area (Å²) in [6.07, 6.45) is 0. The van der Waals surface area contributed by atoms with E-state index < -0.39 is 9.05 Å². The van der Waals surface area contributed by atoms with E-state index in [2.05, 4.69) is 0 Å². The Morgan fingerprint density at radius 1 is 1.29 bits per heavy atom. The maximum absolute atomic E-state index is 11.0. The normalized spacial score (nSPS) is 12.1. The Morgan fingerprint density at radius 3 is 2.64 bits per heavy atom. The molecule has 0 bridgehead atoms. The molecule has 0 fully saturated rings. The van der Waals surface area contributed by atoms with Crippen molar-refractivity contribution in [3.63, 3.8) is 0 Å². The van der Waals surface area contributed by atoms with Crippen LogP contribution in [0.1, 0.15) is 5.76 Å². The number of halogens is 1. The van der Waals surface area contributed by atoms with Crippen molar-refractivity contribution >= 4 is 30.7 Å². The van der Waals surface area contributed by atoms with Crippen molar-refractivity contribution in [2.24, 2.45) is 0 Å². The van der Waals surface area contributed by atoms with Gasteiger partial charge in [-0.1, -0.05) is 0 Å². The Morgan fingerprint density at radius 2 is 2.00 bits per heavy atom. The standard InChI is InChI=1S/C9H7ClO3S/c1-6-4-7-2-3-8(14(10,11)12)5-9(7)13-6/h2-5H,1H3. The third-order valence-electron chi connectivity index (χ3n) is 1.90. The lowest BCUT2D eigenvalue weighted by molar-refractivity contribution is 0.576. The zero-order valence-electron chi connectivity index (χ0n) is 7.32. The molecule has 3 nitrogen and oxygen atoms in total. The van der Waals surface area contributed by atoms with Crippen molar-refractivity contribution in [2.45, 2.75) is 11.8 Å². The summed E-state index contributed by atoms with van der Waals surface area (Å²) < 4.78 is 27.3. The highest BCUT2D eigenvalue weighted by atomic mass is 35.7. The number of hydrogen-bond donors (Lipinski definition) is 0. The van der Waals surface area contributed by atoms with Gasteiger partial charge in [-0.15, -0.1) is 0 Å². The molecule has 0 aliphatic carbocycles. The van der Waals surface area contributed by atoms with Gasteiger partial charge in [-0.2, -0.15) is 0 Å². The van der Waals surface area contributed by atoms with Gasteiger partial charge in [0.15, 0.2) is 0 Å². The molecule has 0 saturated heterocycles. The monoisotopic (exact) mass is 230 g/mol. The third kappa shape index (κ3) is 1.63. The fraction of sp³-hybridized carbons (Fsp3) is 0.111. The SMILES string of the molecule is Cc1cc2ccc(S(=O)(=O)Cl)cc2o1. The largest absolute Gasteiger partial charge is 0.461 e. The molecule has 1 aromatic heterocycles. The van der Waals surface area contributed by atoms with E-state index in [4.69, 9.17) is 15.1 Å². The van der Waals surface area contributed by atoms with Crippen LogP contribution in [0.3, 0.4) is 0 Å². The summed E-state index contributed by atoms with van der Waals surface area (Å²) in [6, 6.07) is 6.38. The van der Waals surface area contributed by atoms with Gasteiger partial charge in [0, 0.05) is 22.1 Å². The van der Waals surface area contributed by atoms with Crippen molar-refractivity contribution in [2.75, 3.05) is 0 Å². The molecular formula is C9H7ClO3S. The highest BCUT2D eigenvalue weighted by Gasteiger charge is 2.11. The van der Waals surface area contributed by atoms with Crippen LogP contribution in [0.15, 0.2) is 33.6 Å². The van der Waals surface area contributed by atoms with Crippen LogP contribution in [-0.2, 0) is 9.05 Å². The van der Waals surface area contributed by atoms with Gasteiger partial charge in [0.25, 0.3) is 9.05 Å². The number of rotatable bonds is 1. The predicted molar refractivity (Wildman–Crippen MR) is 54.0 cm³/mol. The van der Waals surface area contributed by atoms with Crippen LogP contribution in [0.25, 0.3) is 11.0 Å². The Balaban J connectivity index is 2.74. The minimum Gasteiger partial charge on any atom is -0.461 e. The fourth-order valence-corrected chi connectivity index (χ4v) is 2.06. The number of hydrogen-bond acceptors (Lipinski definition) is 3. The highest BCUT2D eigenvalue weighted by Crippen LogP contribution is 2.24. The second-order valence-electron chi connectivity index (χ2n) is 2.99. The first-order valence-electron chi connectivity index (χ1n) is 3.92. The second-order valence-corrected chi connectivity index (χ2v) is 5.56. The van der Waals surface area contributed by atoms with Crippen molar-refractivity contribution in [1.82, 2.24) is 0 Å². The van der Waals surface area contributed by atoms with Gasteiger partial charge in [-0.05, 0) is 25.1 Å². The first-order valence-corrected chi connectivity index (χ1v) is 6.22. The molecule has 1 aromatic carbocycles. The Kier molecular flexibility index (Phi) is 2.05. The van der Waals surface area contributed by atoms with E-state index in [0.29, 0.717) is 5.58 Å². The average Bonchev–Trinajstić information content (AvgIpc) is 2.41. The van der Waals surface area contributed by atoms with E-state index in [-0.39, 0.29) is 4.90 Å². The lowest BCUT2D eigenvalue weighted by Crippen LogP contribution is -1.88. The topological polar surface area (TPSA) is 47.3 Å². The molecule has 0 saturated carbocycles. The fourth-order valence-electron chi connectivity index (χ4n) is 1.30. The van der Waals surface area contributed by atoms with Gasteiger partial charge >= 0.3 is 0 Å². The minimum absolute atomic E-state index is 0.0565. The van der Waals surface area contributed by atoms with Gasteiger partial charge < -0.3 is 4.42 Å². The quantitative estimate of drug-likeness (QED) is 0.708. The average molecular weight is 231 g/mol. The van der Waals surface area contributed by atoms with E-state index in [1.807, 2.05) is 6.07 Å². The molecule has 0 N–H and O–H groups in total. The van der Waals surface area contributed by atoms with E-state index in [1.165, 1.54) is 12.1 Å². The van der Waals surface area contributed by atoms with Crippen LogP contribution in [0.4, 0.5) is 0 Å². The van der Waals surface area contributed by atoms with E-state index in [1.54, 1.807) is 13.0 Å². The van der Waals surface area contributed by atoms with Crippen LogP contribution in [-0.4, -0.2) is 8.42 Å². The lowest BCUT2D eigenvalue weighted by atomic mass is 10.2. The molecule has 0 radical (unpaired) electrons. The van der Waals surface area contributed by atoms with Gasteiger partial charge in [-0.3, -0.25) is 0 Å². The highest BCUT2D eigenvalue weighted by molar-refractivity contribution is 8.13. The van der Waals surface area contributed by atoms with Crippen LogP contribution < -0.4 is 0 Å². The van der Waals surface area contributed by atoms with Gasteiger partial charge in [0.2, 0.25) is 0 Å². The van der Waals surface area contributed by atoms with Gasteiger partial charge in [0.05, 0.1) is 4.90 Å². The maximum Gasteiger partial charge on any atom is 0.261 e. The summed E-state index contributed by atoms with van der Waals surface area (Å²) in [5.41, 5.74) is 0.532. The zero-order valence-corrected chi connectivity index (χ0v) is 8.89. The first-order chi connectivity index (χ1) is 6.47. The number of benzene rings is 1. The first kappa shape index (κ1) is 9.55. The molecule has 0 spiro atoms. The molecule has 0 atom stereocenters. The predicted octanol–water partition coefficient (Wildman–Crippen LogP) is 2.67. The Labute approximate surface area is 85.7 Å². The number of furan rings is 1. The van der Waals surface area contributed by atoms with E-state index >= 15 is 0 Å². The molecule has 74 valence electrons. The third-order valence-corrected chi connectivity index (χ3v) is 3.25. The molecule has 0 unspecified atom stereocenters. The second kappa shape index (κ2) is 3.00. The van der Waals surface area contributed by atoms with Crippen molar-refractivity contribution in [3.8, 4) is 0 Å². The smallest absolute Gasteiger partial charge is 0.261 e. The zero-order chi connectivity index (χ0) is 10.3. The van der Waals surface area contributed by atoms with E-state index in [0.717, 1.165) is 11.1 Å². The molecule has 0 amide bonds. The summed E-state index contributed by atoms with van der Waals surface area (Å²) >= 11 is 0. The maximum atomic E-state index is 11.0. The van der Waals surface area contributed by atoms with E-state index in [9.17, 15) is 8.42 Å². The molecular weight excluding hydrogens is 224 g/mol. The molecule has 5 heteroatoms. The van der Waals surface area contributed by atoms with Gasteiger partial charge in [0.1, 0.15) is 11.3 Å². The van der Waals surface area contributed by atoms with Crippen LogP contribution in [0.5, 0.6) is 0 Å². The minimum atomic E-state index is -3.67. The van der Waals surface area contributed by atoms with Crippen molar-refractivity contribution < 1.29 is 12.8 Å².